The van der Waals surface area contributed by atoms with Crippen LogP contribution in [0.2, 0.25) is 0 Å². The van der Waals surface area contributed by atoms with Crippen LogP contribution >= 0.6 is 0 Å². The predicted molar refractivity (Wildman–Crippen MR) is 56.7 cm³/mol. The third-order valence-corrected chi connectivity index (χ3v) is 4.13. The van der Waals surface area contributed by atoms with Gasteiger partial charge in [-0.2, -0.15) is 0 Å². The minimum absolute atomic E-state index is 0.0156. The molecule has 0 bridgehead atoms. The Morgan fingerprint density at radius 3 is 2.53 bits per heavy atom. The van der Waals surface area contributed by atoms with Gasteiger partial charge in [0.05, 0.1) is 17.2 Å². The molecule has 1 aromatic rings. The molecule has 1 heterocycles. The molecule has 1 aromatic carbocycles. The first-order valence-corrected chi connectivity index (χ1v) is 6.55. The van der Waals surface area contributed by atoms with Crippen molar-refractivity contribution in [1.29, 1.82) is 0 Å². The van der Waals surface area contributed by atoms with E-state index in [1.807, 2.05) is 0 Å². The molecule has 1 amide bonds. The predicted octanol–water partition coefficient (Wildman–Crippen LogP) is 0.708. The van der Waals surface area contributed by atoms with E-state index in [4.69, 9.17) is 4.74 Å². The van der Waals surface area contributed by atoms with Crippen LogP contribution in [0, 0.1) is 5.82 Å². The molecule has 2 rings (SSSR count). The van der Waals surface area contributed by atoms with E-state index in [1.165, 1.54) is 12.1 Å². The standard InChI is InChI=1S/C10H10FNO4S/c11-7-1-3-9(4-2-7)17(14,15)6-8-5-12-10(13)16-8/h1-4,8H,5-6H2,(H,12,13). The first-order valence-electron chi connectivity index (χ1n) is 4.90. The fourth-order valence-electron chi connectivity index (χ4n) is 1.51. The highest BCUT2D eigenvalue weighted by atomic mass is 32.2. The van der Waals surface area contributed by atoms with Gasteiger partial charge in [-0.05, 0) is 24.3 Å². The number of amides is 1. The van der Waals surface area contributed by atoms with Gasteiger partial charge in [0.2, 0.25) is 0 Å². The summed E-state index contributed by atoms with van der Waals surface area (Å²) >= 11 is 0. The van der Waals surface area contributed by atoms with Crippen molar-refractivity contribution in [1.82, 2.24) is 5.32 Å². The fraction of sp³-hybridized carbons (Fsp3) is 0.300. The van der Waals surface area contributed by atoms with Crippen molar-refractivity contribution in [3.63, 3.8) is 0 Å². The highest BCUT2D eigenvalue weighted by molar-refractivity contribution is 7.91. The lowest BCUT2D eigenvalue weighted by atomic mass is 10.3. The van der Waals surface area contributed by atoms with Gasteiger partial charge in [-0.15, -0.1) is 0 Å². The third kappa shape index (κ3) is 2.73. The van der Waals surface area contributed by atoms with Crippen molar-refractivity contribution in [2.45, 2.75) is 11.0 Å². The number of hydrogen-bond donors (Lipinski definition) is 1. The van der Waals surface area contributed by atoms with Gasteiger partial charge in [-0.3, -0.25) is 0 Å². The Bertz CT molecular complexity index is 526. The molecular formula is C10H10FNO4S. The number of carbonyl (C=O) groups excluding carboxylic acids is 1. The van der Waals surface area contributed by atoms with Gasteiger partial charge in [0.1, 0.15) is 11.9 Å². The number of hydrogen-bond acceptors (Lipinski definition) is 4. The van der Waals surface area contributed by atoms with Gasteiger partial charge in [0.25, 0.3) is 0 Å². The van der Waals surface area contributed by atoms with Gasteiger partial charge in [0, 0.05) is 0 Å². The van der Waals surface area contributed by atoms with Crippen molar-refractivity contribution in [2.75, 3.05) is 12.3 Å². The van der Waals surface area contributed by atoms with Crippen molar-refractivity contribution in [3.8, 4) is 0 Å². The van der Waals surface area contributed by atoms with E-state index in [0.29, 0.717) is 0 Å². The summed E-state index contributed by atoms with van der Waals surface area (Å²) in [6, 6.07) is 4.53. The summed E-state index contributed by atoms with van der Waals surface area (Å²) in [7, 11) is -3.57. The lowest BCUT2D eigenvalue weighted by Gasteiger charge is -2.08. The molecule has 1 unspecified atom stereocenters. The molecule has 1 atom stereocenters. The number of benzene rings is 1. The quantitative estimate of drug-likeness (QED) is 0.811. The molecule has 1 aliphatic heterocycles. The van der Waals surface area contributed by atoms with Crippen LogP contribution in [-0.4, -0.2) is 32.9 Å². The SMILES string of the molecule is O=C1NCC(CS(=O)(=O)c2ccc(F)cc2)O1. The molecule has 1 N–H and O–H groups in total. The first kappa shape index (κ1) is 11.8. The maximum atomic E-state index is 12.7. The number of alkyl carbamates (subject to hydrolysis) is 1. The Morgan fingerprint density at radius 2 is 2.00 bits per heavy atom. The molecule has 0 aromatic heterocycles. The Hall–Kier alpha value is -1.63. The van der Waals surface area contributed by atoms with Crippen molar-refractivity contribution >= 4 is 15.9 Å². The minimum atomic E-state index is -3.57. The summed E-state index contributed by atoms with van der Waals surface area (Å²) in [6.45, 7) is 0.166. The number of nitrogens with one attached hydrogen (secondary N) is 1. The summed E-state index contributed by atoms with van der Waals surface area (Å²) in [5.41, 5.74) is 0. The fourth-order valence-corrected chi connectivity index (χ4v) is 2.93. The monoisotopic (exact) mass is 259 g/mol. The smallest absolute Gasteiger partial charge is 0.407 e. The molecule has 0 spiro atoms. The van der Waals surface area contributed by atoms with Crippen LogP contribution in [0.5, 0.6) is 0 Å². The average Bonchev–Trinajstić information content (AvgIpc) is 2.63. The normalized spacial score (nSPS) is 19.8. The number of carbonyl (C=O) groups is 1. The van der Waals surface area contributed by atoms with E-state index in [1.54, 1.807) is 0 Å². The van der Waals surface area contributed by atoms with Crippen molar-refractivity contribution in [3.05, 3.63) is 30.1 Å². The maximum Gasteiger partial charge on any atom is 0.407 e. The molecule has 1 fully saturated rings. The van der Waals surface area contributed by atoms with E-state index in [9.17, 15) is 17.6 Å². The van der Waals surface area contributed by atoms with Crippen LogP contribution in [0.3, 0.4) is 0 Å². The van der Waals surface area contributed by atoms with Crippen LogP contribution in [0.4, 0.5) is 9.18 Å². The van der Waals surface area contributed by atoms with Crippen LogP contribution in [-0.2, 0) is 14.6 Å². The Balaban J connectivity index is 2.14. The number of cyclic esters (lactones) is 1. The zero-order valence-electron chi connectivity index (χ0n) is 8.72. The summed E-state index contributed by atoms with van der Waals surface area (Å²) in [5, 5.41) is 2.37. The summed E-state index contributed by atoms with van der Waals surface area (Å²) in [4.78, 5) is 10.8. The number of halogens is 1. The van der Waals surface area contributed by atoms with Crippen LogP contribution in [0.25, 0.3) is 0 Å². The zero-order chi connectivity index (χ0) is 12.5. The molecule has 0 aliphatic carbocycles. The van der Waals surface area contributed by atoms with Crippen molar-refractivity contribution in [2.24, 2.45) is 0 Å². The highest BCUT2D eigenvalue weighted by Gasteiger charge is 2.28. The Labute approximate surface area is 97.5 Å². The largest absolute Gasteiger partial charge is 0.443 e. The molecule has 5 nitrogen and oxygen atoms in total. The second-order valence-corrected chi connectivity index (χ2v) is 5.68. The van der Waals surface area contributed by atoms with Crippen molar-refractivity contribution < 1.29 is 22.3 Å². The van der Waals surface area contributed by atoms with Crippen LogP contribution in [0.1, 0.15) is 0 Å². The topological polar surface area (TPSA) is 72.5 Å². The first-order chi connectivity index (χ1) is 7.97. The molecular weight excluding hydrogens is 249 g/mol. The summed E-state index contributed by atoms with van der Waals surface area (Å²) in [5.74, 6) is -0.810. The van der Waals surface area contributed by atoms with Gasteiger partial charge in [-0.1, -0.05) is 0 Å². The second kappa shape index (κ2) is 4.33. The summed E-state index contributed by atoms with van der Waals surface area (Å²) in [6.07, 6.45) is -1.32. The number of rotatable bonds is 3. The zero-order valence-corrected chi connectivity index (χ0v) is 9.54. The van der Waals surface area contributed by atoms with Gasteiger partial charge in [0.15, 0.2) is 9.84 Å². The van der Waals surface area contributed by atoms with E-state index >= 15 is 0 Å². The van der Waals surface area contributed by atoms with Gasteiger partial charge < -0.3 is 10.1 Å². The Kier molecular flexibility index (Phi) is 3.01. The highest BCUT2D eigenvalue weighted by Crippen LogP contribution is 2.15. The molecule has 7 heteroatoms. The molecule has 0 saturated carbocycles. The van der Waals surface area contributed by atoms with Gasteiger partial charge >= 0.3 is 6.09 Å². The lowest BCUT2D eigenvalue weighted by molar-refractivity contribution is 0.149. The van der Waals surface area contributed by atoms with E-state index in [2.05, 4.69) is 5.32 Å². The molecule has 17 heavy (non-hydrogen) atoms. The van der Waals surface area contributed by atoms with Crippen LogP contribution in [0.15, 0.2) is 29.2 Å². The van der Waals surface area contributed by atoms with E-state index < -0.39 is 27.9 Å². The second-order valence-electron chi connectivity index (χ2n) is 3.64. The molecule has 0 radical (unpaired) electrons. The minimum Gasteiger partial charge on any atom is -0.443 e. The molecule has 1 saturated heterocycles. The van der Waals surface area contributed by atoms with E-state index in [0.717, 1.165) is 12.1 Å². The number of ether oxygens (including phenoxy) is 1. The third-order valence-electron chi connectivity index (χ3n) is 2.33. The lowest BCUT2D eigenvalue weighted by Crippen LogP contribution is -2.24. The van der Waals surface area contributed by atoms with Gasteiger partial charge in [-0.25, -0.2) is 17.6 Å². The summed E-state index contributed by atoms with van der Waals surface area (Å²) < 4.78 is 41.1. The molecule has 1 aliphatic rings. The maximum absolute atomic E-state index is 12.7. The number of sulfone groups is 1. The van der Waals surface area contributed by atoms with E-state index in [-0.39, 0.29) is 17.2 Å². The van der Waals surface area contributed by atoms with Crippen LogP contribution < -0.4 is 5.32 Å². The average molecular weight is 259 g/mol. The Morgan fingerprint density at radius 1 is 1.35 bits per heavy atom. The molecule has 92 valence electrons.